The van der Waals surface area contributed by atoms with E-state index >= 15 is 0 Å². The van der Waals surface area contributed by atoms with Gasteiger partial charge in [0, 0.05) is 12.6 Å². The molecule has 0 amide bonds. The Kier molecular flexibility index (Phi) is 2.69. The summed E-state index contributed by atoms with van der Waals surface area (Å²) in [6.07, 6.45) is 1.30. The fourth-order valence-corrected chi connectivity index (χ4v) is 1.74. The van der Waals surface area contributed by atoms with Crippen LogP contribution in [0.25, 0.3) is 0 Å². The van der Waals surface area contributed by atoms with Crippen LogP contribution >= 0.6 is 0 Å². The van der Waals surface area contributed by atoms with Gasteiger partial charge in [0.1, 0.15) is 0 Å². The average molecular weight is 142 g/mol. The summed E-state index contributed by atoms with van der Waals surface area (Å²) in [4.78, 5) is 2.33. The van der Waals surface area contributed by atoms with E-state index in [1.807, 2.05) is 0 Å². The first-order valence-electron chi connectivity index (χ1n) is 4.12. The third kappa shape index (κ3) is 1.50. The van der Waals surface area contributed by atoms with Gasteiger partial charge in [-0.1, -0.05) is 13.3 Å². The highest BCUT2D eigenvalue weighted by Crippen LogP contribution is 2.15. The van der Waals surface area contributed by atoms with Crippen LogP contribution in [0.5, 0.6) is 0 Å². The quantitative estimate of drug-likeness (QED) is 0.605. The summed E-state index contributed by atoms with van der Waals surface area (Å²) in [5.74, 6) is 0.870. The van der Waals surface area contributed by atoms with E-state index in [0.717, 1.165) is 12.0 Å². The first kappa shape index (κ1) is 8.02. The highest BCUT2D eigenvalue weighted by atomic mass is 15.2. The van der Waals surface area contributed by atoms with Gasteiger partial charge >= 0.3 is 0 Å². The number of rotatable bonds is 2. The van der Waals surface area contributed by atoms with Crippen molar-refractivity contribution in [2.24, 2.45) is 5.92 Å². The highest BCUT2D eigenvalue weighted by molar-refractivity contribution is 4.85. The molecule has 0 spiro atoms. The molecule has 1 aliphatic heterocycles. The molecule has 0 bridgehead atoms. The Morgan fingerprint density at radius 2 is 2.10 bits per heavy atom. The van der Waals surface area contributed by atoms with Crippen LogP contribution < -0.4 is 5.32 Å². The van der Waals surface area contributed by atoms with Gasteiger partial charge in [0.25, 0.3) is 0 Å². The minimum atomic E-state index is 0.769. The zero-order valence-corrected chi connectivity index (χ0v) is 7.22. The zero-order valence-electron chi connectivity index (χ0n) is 7.22. The lowest BCUT2D eigenvalue weighted by Crippen LogP contribution is -2.34. The fourth-order valence-electron chi connectivity index (χ4n) is 1.74. The number of hydrogen-bond acceptors (Lipinski definition) is 2. The molecule has 1 N–H and O–H groups in total. The molecule has 0 aromatic rings. The van der Waals surface area contributed by atoms with E-state index in [-0.39, 0.29) is 0 Å². The third-order valence-electron chi connectivity index (χ3n) is 2.49. The fraction of sp³-hybridized carbons (Fsp3) is 1.00. The normalized spacial score (nSPS) is 33.6. The molecule has 2 unspecified atom stereocenters. The Morgan fingerprint density at radius 3 is 2.50 bits per heavy atom. The Morgan fingerprint density at radius 1 is 1.40 bits per heavy atom. The van der Waals surface area contributed by atoms with Gasteiger partial charge in [0.05, 0.1) is 0 Å². The van der Waals surface area contributed by atoms with Gasteiger partial charge in [-0.25, -0.2) is 0 Å². The van der Waals surface area contributed by atoms with E-state index in [1.54, 1.807) is 0 Å². The minimum absolute atomic E-state index is 0.769. The largest absolute Gasteiger partial charge is 0.315 e. The Hall–Kier alpha value is -0.0800. The van der Waals surface area contributed by atoms with Gasteiger partial charge in [-0.3, -0.25) is 0 Å². The molecule has 1 fully saturated rings. The summed E-state index contributed by atoms with van der Waals surface area (Å²) >= 11 is 0. The van der Waals surface area contributed by atoms with Crippen molar-refractivity contribution in [3.8, 4) is 0 Å². The van der Waals surface area contributed by atoms with Gasteiger partial charge in [-0.2, -0.15) is 0 Å². The molecule has 1 aliphatic rings. The molecule has 60 valence electrons. The first-order chi connectivity index (χ1) is 4.75. The number of nitrogens with one attached hydrogen (secondary N) is 1. The lowest BCUT2D eigenvalue weighted by atomic mass is 10.0. The highest BCUT2D eigenvalue weighted by Gasteiger charge is 2.26. The first-order valence-corrected chi connectivity index (χ1v) is 4.12. The molecule has 2 heteroatoms. The molecular weight excluding hydrogens is 124 g/mol. The van der Waals surface area contributed by atoms with E-state index in [0.29, 0.717) is 0 Å². The monoisotopic (exact) mass is 142 g/mol. The van der Waals surface area contributed by atoms with Gasteiger partial charge < -0.3 is 10.2 Å². The van der Waals surface area contributed by atoms with E-state index in [2.05, 4.69) is 31.2 Å². The van der Waals surface area contributed by atoms with Gasteiger partial charge in [0.2, 0.25) is 0 Å². The Bertz CT molecular complexity index is 101. The van der Waals surface area contributed by atoms with E-state index in [4.69, 9.17) is 0 Å². The van der Waals surface area contributed by atoms with Crippen LogP contribution in [0.4, 0.5) is 0 Å². The van der Waals surface area contributed by atoms with Crippen molar-refractivity contribution >= 4 is 0 Å². The smallest absolute Gasteiger partial charge is 0.0254 e. The molecule has 0 aromatic heterocycles. The molecule has 1 heterocycles. The molecule has 2 nitrogen and oxygen atoms in total. The standard InChI is InChI=1S/C8H18N2/c1-4-7-5-9-6-8(7)10(2)3/h7-9H,4-6H2,1-3H3. The summed E-state index contributed by atoms with van der Waals surface area (Å²) < 4.78 is 0. The Labute approximate surface area is 63.6 Å². The molecule has 2 atom stereocenters. The number of hydrogen-bond donors (Lipinski definition) is 1. The SMILES string of the molecule is CCC1CNCC1N(C)C. The summed E-state index contributed by atoms with van der Waals surface area (Å²) in [7, 11) is 4.33. The predicted octanol–water partition coefficient (Wildman–Crippen LogP) is 0.546. The van der Waals surface area contributed by atoms with Crippen molar-refractivity contribution in [2.75, 3.05) is 27.2 Å². The molecule has 0 radical (unpaired) electrons. The lowest BCUT2D eigenvalue weighted by Gasteiger charge is -2.23. The van der Waals surface area contributed by atoms with Gasteiger partial charge in [-0.15, -0.1) is 0 Å². The van der Waals surface area contributed by atoms with Crippen molar-refractivity contribution < 1.29 is 0 Å². The maximum atomic E-state index is 3.41. The topological polar surface area (TPSA) is 15.3 Å². The zero-order chi connectivity index (χ0) is 7.56. The third-order valence-corrected chi connectivity index (χ3v) is 2.49. The van der Waals surface area contributed by atoms with E-state index < -0.39 is 0 Å². The second kappa shape index (κ2) is 3.35. The maximum Gasteiger partial charge on any atom is 0.0254 e. The molecule has 0 saturated carbocycles. The molecule has 0 aromatic carbocycles. The van der Waals surface area contributed by atoms with Crippen molar-refractivity contribution in [1.29, 1.82) is 0 Å². The maximum absolute atomic E-state index is 3.41. The summed E-state index contributed by atoms with van der Waals surface area (Å²) in [5.41, 5.74) is 0. The van der Waals surface area contributed by atoms with Crippen molar-refractivity contribution in [3.63, 3.8) is 0 Å². The van der Waals surface area contributed by atoms with Crippen LogP contribution in [0.2, 0.25) is 0 Å². The molecule has 1 rings (SSSR count). The summed E-state index contributed by atoms with van der Waals surface area (Å²) in [6, 6.07) is 0.769. The molecular formula is C8H18N2. The van der Waals surface area contributed by atoms with Crippen LogP contribution in [0, 0.1) is 5.92 Å². The summed E-state index contributed by atoms with van der Waals surface area (Å²) in [5, 5.41) is 3.41. The van der Waals surface area contributed by atoms with Crippen molar-refractivity contribution in [1.82, 2.24) is 10.2 Å². The van der Waals surface area contributed by atoms with Crippen molar-refractivity contribution in [2.45, 2.75) is 19.4 Å². The molecule has 1 saturated heterocycles. The predicted molar refractivity (Wildman–Crippen MR) is 44.1 cm³/mol. The molecule has 0 aliphatic carbocycles. The minimum Gasteiger partial charge on any atom is -0.315 e. The summed E-state index contributed by atoms with van der Waals surface area (Å²) in [6.45, 7) is 4.65. The lowest BCUT2D eigenvalue weighted by molar-refractivity contribution is 0.250. The second-order valence-electron chi connectivity index (χ2n) is 3.36. The van der Waals surface area contributed by atoms with Crippen LogP contribution in [0.15, 0.2) is 0 Å². The van der Waals surface area contributed by atoms with E-state index in [1.165, 1.54) is 19.5 Å². The van der Waals surface area contributed by atoms with Crippen molar-refractivity contribution in [3.05, 3.63) is 0 Å². The van der Waals surface area contributed by atoms with E-state index in [9.17, 15) is 0 Å². The Balaban J connectivity index is 2.42. The van der Waals surface area contributed by atoms with Crippen LogP contribution in [-0.2, 0) is 0 Å². The van der Waals surface area contributed by atoms with Gasteiger partial charge in [-0.05, 0) is 26.6 Å². The van der Waals surface area contributed by atoms with Gasteiger partial charge in [0.15, 0.2) is 0 Å². The average Bonchev–Trinajstić information content (AvgIpc) is 2.33. The van der Waals surface area contributed by atoms with Crippen LogP contribution in [0.1, 0.15) is 13.3 Å². The second-order valence-corrected chi connectivity index (χ2v) is 3.36. The number of likely N-dealkylation sites (N-methyl/N-ethyl adjacent to an activating group) is 1. The number of nitrogens with zero attached hydrogens (tertiary/aromatic N) is 1. The molecule has 10 heavy (non-hydrogen) atoms. The van der Waals surface area contributed by atoms with Crippen LogP contribution in [0.3, 0.4) is 0 Å². The van der Waals surface area contributed by atoms with Crippen LogP contribution in [-0.4, -0.2) is 38.1 Å².